The zero-order valence-electron chi connectivity index (χ0n) is 12.7. The average molecular weight is 302 g/mol. The number of allylic oxidation sites excluding steroid dienone is 1. The van der Waals surface area contributed by atoms with Gasteiger partial charge in [-0.2, -0.15) is 0 Å². The van der Waals surface area contributed by atoms with E-state index in [4.69, 9.17) is 17.2 Å². The minimum Gasteiger partial charge on any atom is -0.404 e. The Labute approximate surface area is 129 Å². The Morgan fingerprint density at radius 3 is 2.73 bits per heavy atom. The van der Waals surface area contributed by atoms with E-state index in [2.05, 4.69) is 21.9 Å². The van der Waals surface area contributed by atoms with E-state index in [0.29, 0.717) is 17.2 Å². The average Bonchev–Trinajstić information content (AvgIpc) is 2.50. The lowest BCUT2D eigenvalue weighted by Gasteiger charge is -2.26. The van der Waals surface area contributed by atoms with Gasteiger partial charge in [-0.05, 0) is 39.0 Å². The minimum absolute atomic E-state index is 0.111. The molecule has 1 fully saturated rings. The van der Waals surface area contributed by atoms with E-state index in [-0.39, 0.29) is 11.4 Å². The number of nitrogens with zero attached hydrogens (tertiary/aromatic N) is 3. The van der Waals surface area contributed by atoms with Gasteiger partial charge in [-0.25, -0.2) is 4.98 Å². The van der Waals surface area contributed by atoms with Gasteiger partial charge in [-0.15, -0.1) is 0 Å². The Balaban J connectivity index is 2.15. The number of likely N-dealkylation sites (tertiary alicyclic amines) is 1. The SMILES string of the molecule is CN1CCC(N=CC(=CN)c2cnc(N)c(C(N)=O)c2)CC1. The molecule has 1 aromatic rings. The van der Waals surface area contributed by atoms with E-state index >= 15 is 0 Å². The number of aliphatic imine (C=N–C) groups is 1. The highest BCUT2D eigenvalue weighted by atomic mass is 16.1. The van der Waals surface area contributed by atoms with Gasteiger partial charge in [-0.3, -0.25) is 9.79 Å². The number of pyridine rings is 1. The number of nitrogens with two attached hydrogens (primary N) is 3. The van der Waals surface area contributed by atoms with Crippen molar-refractivity contribution >= 4 is 23.5 Å². The summed E-state index contributed by atoms with van der Waals surface area (Å²) in [5, 5.41) is 0. The molecule has 0 atom stereocenters. The van der Waals surface area contributed by atoms with Crippen LogP contribution in [0.4, 0.5) is 5.82 Å². The van der Waals surface area contributed by atoms with Crippen LogP contribution in [0.25, 0.3) is 5.57 Å². The number of anilines is 1. The summed E-state index contributed by atoms with van der Waals surface area (Å²) in [5.41, 5.74) is 18.1. The quantitative estimate of drug-likeness (QED) is 0.687. The second-order valence-corrected chi connectivity index (χ2v) is 5.46. The van der Waals surface area contributed by atoms with Gasteiger partial charge in [0.15, 0.2) is 0 Å². The van der Waals surface area contributed by atoms with Crippen LogP contribution in [0.2, 0.25) is 0 Å². The highest BCUT2D eigenvalue weighted by molar-refractivity contribution is 6.10. The number of rotatable bonds is 4. The van der Waals surface area contributed by atoms with Crippen LogP contribution in [0.3, 0.4) is 0 Å². The molecule has 1 saturated heterocycles. The molecule has 0 unspecified atom stereocenters. The second kappa shape index (κ2) is 7.04. The first-order chi connectivity index (χ1) is 10.5. The molecule has 7 heteroatoms. The van der Waals surface area contributed by atoms with Gasteiger partial charge < -0.3 is 22.1 Å². The van der Waals surface area contributed by atoms with Gasteiger partial charge in [0.2, 0.25) is 0 Å². The number of amides is 1. The summed E-state index contributed by atoms with van der Waals surface area (Å²) < 4.78 is 0. The summed E-state index contributed by atoms with van der Waals surface area (Å²) >= 11 is 0. The molecule has 0 bridgehead atoms. The Kier molecular flexibility index (Phi) is 5.11. The molecule has 118 valence electrons. The van der Waals surface area contributed by atoms with Crippen LogP contribution in [0.15, 0.2) is 23.5 Å². The molecule has 1 aromatic heterocycles. The maximum Gasteiger partial charge on any atom is 0.252 e. The summed E-state index contributed by atoms with van der Waals surface area (Å²) in [5.74, 6) is -0.504. The van der Waals surface area contributed by atoms with E-state index in [0.717, 1.165) is 25.9 Å². The summed E-state index contributed by atoms with van der Waals surface area (Å²) in [4.78, 5) is 22.2. The molecule has 0 aromatic carbocycles. The molecule has 0 aliphatic carbocycles. The Morgan fingerprint density at radius 1 is 1.45 bits per heavy atom. The molecular formula is C15H22N6O. The van der Waals surface area contributed by atoms with Crippen LogP contribution in [-0.4, -0.2) is 48.2 Å². The van der Waals surface area contributed by atoms with Gasteiger partial charge in [0.05, 0.1) is 11.6 Å². The van der Waals surface area contributed by atoms with Crippen molar-refractivity contribution < 1.29 is 4.79 Å². The fraction of sp³-hybridized carbons (Fsp3) is 0.400. The molecule has 1 aliphatic rings. The summed E-state index contributed by atoms with van der Waals surface area (Å²) in [6, 6.07) is 1.88. The molecule has 1 amide bonds. The van der Waals surface area contributed by atoms with Crippen LogP contribution in [0, 0.1) is 0 Å². The molecule has 22 heavy (non-hydrogen) atoms. The molecule has 2 heterocycles. The minimum atomic E-state index is -0.615. The van der Waals surface area contributed by atoms with Crippen molar-refractivity contribution in [2.45, 2.75) is 18.9 Å². The number of primary amides is 1. The first-order valence-electron chi connectivity index (χ1n) is 7.20. The third-order valence-electron chi connectivity index (χ3n) is 3.81. The molecule has 2 rings (SSSR count). The van der Waals surface area contributed by atoms with Crippen molar-refractivity contribution in [3.63, 3.8) is 0 Å². The highest BCUT2D eigenvalue weighted by Gasteiger charge is 2.15. The molecule has 7 nitrogen and oxygen atoms in total. The van der Waals surface area contributed by atoms with Crippen LogP contribution in [-0.2, 0) is 0 Å². The Bertz CT molecular complexity index is 602. The number of aromatic nitrogens is 1. The number of carbonyl (C=O) groups is 1. The monoisotopic (exact) mass is 302 g/mol. The van der Waals surface area contributed by atoms with Gasteiger partial charge in [0, 0.05) is 29.7 Å². The van der Waals surface area contributed by atoms with Crippen LogP contribution in [0.5, 0.6) is 0 Å². The first-order valence-corrected chi connectivity index (χ1v) is 7.20. The summed E-state index contributed by atoms with van der Waals surface area (Å²) in [6.45, 7) is 2.08. The lowest BCUT2D eigenvalue weighted by molar-refractivity contribution is 0.100. The highest BCUT2D eigenvalue weighted by Crippen LogP contribution is 2.18. The first kappa shape index (κ1) is 16.0. The standard InChI is InChI=1S/C15H22N6O/c1-21-4-2-12(3-5-21)19-9-11(7-16)10-6-13(15(18)22)14(17)20-8-10/h6-9,12H,2-5,16H2,1H3,(H2,17,20)(H2,18,22). The zero-order chi connectivity index (χ0) is 16.1. The lowest BCUT2D eigenvalue weighted by atomic mass is 10.0. The third kappa shape index (κ3) is 3.82. The van der Waals surface area contributed by atoms with Crippen molar-refractivity contribution in [2.75, 3.05) is 25.9 Å². The number of hydrogen-bond acceptors (Lipinski definition) is 6. The smallest absolute Gasteiger partial charge is 0.252 e. The predicted octanol–water partition coefficient (Wildman–Crippen LogP) is 0.227. The molecule has 0 spiro atoms. The second-order valence-electron chi connectivity index (χ2n) is 5.46. The molecule has 6 N–H and O–H groups in total. The fourth-order valence-corrected chi connectivity index (χ4v) is 2.37. The van der Waals surface area contributed by atoms with Crippen molar-refractivity contribution in [3.05, 3.63) is 29.6 Å². The van der Waals surface area contributed by atoms with Gasteiger partial charge in [0.1, 0.15) is 5.82 Å². The maximum atomic E-state index is 11.3. The van der Waals surface area contributed by atoms with Gasteiger partial charge in [0.25, 0.3) is 5.91 Å². The lowest BCUT2D eigenvalue weighted by Crippen LogP contribution is -2.32. The van der Waals surface area contributed by atoms with E-state index in [1.807, 2.05) is 0 Å². The van der Waals surface area contributed by atoms with E-state index < -0.39 is 5.91 Å². The van der Waals surface area contributed by atoms with Crippen molar-refractivity contribution in [2.24, 2.45) is 16.5 Å². The normalized spacial score (nSPS) is 18.0. The summed E-state index contributed by atoms with van der Waals surface area (Å²) in [6.07, 6.45) is 6.78. The molecular weight excluding hydrogens is 280 g/mol. The molecule has 0 saturated carbocycles. The number of piperidine rings is 1. The van der Waals surface area contributed by atoms with E-state index in [1.54, 1.807) is 18.5 Å². The zero-order valence-corrected chi connectivity index (χ0v) is 12.7. The number of nitrogen functional groups attached to an aromatic ring is 1. The Hall–Kier alpha value is -2.41. The van der Waals surface area contributed by atoms with Crippen molar-refractivity contribution in [1.82, 2.24) is 9.88 Å². The number of hydrogen-bond donors (Lipinski definition) is 3. The predicted molar refractivity (Wildman–Crippen MR) is 88.3 cm³/mol. The van der Waals surface area contributed by atoms with Crippen molar-refractivity contribution in [1.29, 1.82) is 0 Å². The molecule has 1 aliphatic heterocycles. The van der Waals surface area contributed by atoms with Crippen LogP contribution >= 0.6 is 0 Å². The van der Waals surface area contributed by atoms with Gasteiger partial charge in [-0.1, -0.05) is 0 Å². The van der Waals surface area contributed by atoms with E-state index in [1.165, 1.54) is 6.20 Å². The number of carbonyl (C=O) groups excluding carboxylic acids is 1. The fourth-order valence-electron chi connectivity index (χ4n) is 2.37. The van der Waals surface area contributed by atoms with E-state index in [9.17, 15) is 4.79 Å². The summed E-state index contributed by atoms with van der Waals surface area (Å²) in [7, 11) is 2.11. The Morgan fingerprint density at radius 2 is 2.14 bits per heavy atom. The largest absolute Gasteiger partial charge is 0.404 e. The third-order valence-corrected chi connectivity index (χ3v) is 3.81. The van der Waals surface area contributed by atoms with Crippen molar-refractivity contribution in [3.8, 4) is 0 Å². The molecule has 0 radical (unpaired) electrons. The maximum absolute atomic E-state index is 11.3. The van der Waals surface area contributed by atoms with Crippen LogP contribution < -0.4 is 17.2 Å². The van der Waals surface area contributed by atoms with Crippen LogP contribution in [0.1, 0.15) is 28.8 Å². The van der Waals surface area contributed by atoms with Gasteiger partial charge >= 0.3 is 0 Å². The topological polar surface area (TPSA) is 124 Å².